The van der Waals surface area contributed by atoms with Gasteiger partial charge < -0.3 is 10.2 Å². The van der Waals surface area contributed by atoms with Crippen LogP contribution in [-0.2, 0) is 26.2 Å². The second-order valence-electron chi connectivity index (χ2n) is 9.47. The normalized spacial score (nSPS) is 12.8. The van der Waals surface area contributed by atoms with Crippen LogP contribution in [0.25, 0.3) is 0 Å². The van der Waals surface area contributed by atoms with E-state index in [-0.39, 0.29) is 34.1 Å². The summed E-state index contributed by atoms with van der Waals surface area (Å²) >= 11 is 6.44. The average molecular weight is 570 g/mol. The molecule has 0 radical (unpaired) electrons. The van der Waals surface area contributed by atoms with Gasteiger partial charge in [-0.05, 0) is 62.1 Å². The van der Waals surface area contributed by atoms with Crippen LogP contribution in [0, 0.1) is 6.92 Å². The van der Waals surface area contributed by atoms with E-state index in [0.717, 1.165) is 21.9 Å². The molecule has 2 amide bonds. The molecular weight excluding hydrogens is 534 g/mol. The highest BCUT2D eigenvalue weighted by Gasteiger charge is 2.34. The standard InChI is InChI=1S/C30H36ClN3O4S/c1-5-23(4)32-30(36)27(6-2)33(20-24-15-11-10-14-22(24)3)29(35)21-34(28-19-13-12-18-26(28)31)39(37,38)25-16-8-7-9-17-25/h7-19,23,27H,5-6,20-21H2,1-4H3,(H,32,36)/t23-,27+/m0/s1. The molecule has 0 heterocycles. The van der Waals surface area contributed by atoms with Crippen molar-refractivity contribution in [2.75, 3.05) is 10.8 Å². The molecule has 39 heavy (non-hydrogen) atoms. The molecule has 0 unspecified atom stereocenters. The van der Waals surface area contributed by atoms with Crippen LogP contribution in [0.5, 0.6) is 0 Å². The molecule has 3 aromatic carbocycles. The number of nitrogens with one attached hydrogen (secondary N) is 1. The number of anilines is 1. The summed E-state index contributed by atoms with van der Waals surface area (Å²) in [5.74, 6) is -0.784. The number of nitrogens with zero attached hydrogens (tertiary/aromatic N) is 2. The molecule has 2 atom stereocenters. The fourth-order valence-electron chi connectivity index (χ4n) is 4.22. The van der Waals surface area contributed by atoms with Gasteiger partial charge in [0, 0.05) is 12.6 Å². The van der Waals surface area contributed by atoms with Gasteiger partial charge in [-0.3, -0.25) is 13.9 Å². The first-order chi connectivity index (χ1) is 18.6. The maximum atomic E-state index is 14.1. The molecule has 0 aliphatic heterocycles. The first-order valence-electron chi connectivity index (χ1n) is 13.1. The monoisotopic (exact) mass is 569 g/mol. The van der Waals surface area contributed by atoms with Crippen LogP contribution in [0.4, 0.5) is 5.69 Å². The molecule has 0 aliphatic rings. The summed E-state index contributed by atoms with van der Waals surface area (Å²) in [4.78, 5) is 28.9. The largest absolute Gasteiger partial charge is 0.352 e. The highest BCUT2D eigenvalue weighted by Crippen LogP contribution is 2.31. The zero-order valence-corrected chi connectivity index (χ0v) is 24.4. The van der Waals surface area contributed by atoms with Crippen molar-refractivity contribution in [3.63, 3.8) is 0 Å². The van der Waals surface area contributed by atoms with Gasteiger partial charge in [0.25, 0.3) is 10.0 Å². The number of amides is 2. The van der Waals surface area contributed by atoms with Crippen molar-refractivity contribution in [1.29, 1.82) is 0 Å². The Morgan fingerprint density at radius 3 is 2.13 bits per heavy atom. The highest BCUT2D eigenvalue weighted by molar-refractivity contribution is 7.92. The van der Waals surface area contributed by atoms with E-state index in [1.165, 1.54) is 17.0 Å². The minimum absolute atomic E-state index is 0.0322. The number of para-hydroxylation sites is 1. The van der Waals surface area contributed by atoms with Crippen molar-refractivity contribution < 1.29 is 18.0 Å². The molecule has 0 spiro atoms. The van der Waals surface area contributed by atoms with Crippen LogP contribution >= 0.6 is 11.6 Å². The zero-order valence-electron chi connectivity index (χ0n) is 22.8. The summed E-state index contributed by atoms with van der Waals surface area (Å²) < 4.78 is 28.7. The van der Waals surface area contributed by atoms with E-state index < -0.39 is 28.5 Å². The van der Waals surface area contributed by atoms with Gasteiger partial charge >= 0.3 is 0 Å². The Hall–Kier alpha value is -3.36. The SMILES string of the molecule is CC[C@H](C(=O)N[C@@H](C)CC)N(Cc1ccccc1C)C(=O)CN(c1ccccc1Cl)S(=O)(=O)c1ccccc1. The van der Waals surface area contributed by atoms with E-state index in [0.29, 0.717) is 6.42 Å². The molecule has 9 heteroatoms. The number of benzene rings is 3. The molecular formula is C30H36ClN3O4S. The lowest BCUT2D eigenvalue weighted by Gasteiger charge is -2.34. The first-order valence-corrected chi connectivity index (χ1v) is 14.9. The molecule has 0 saturated heterocycles. The summed E-state index contributed by atoms with van der Waals surface area (Å²) in [6.45, 7) is 7.28. The third-order valence-corrected chi connectivity index (χ3v) is 8.81. The smallest absolute Gasteiger partial charge is 0.264 e. The molecule has 208 valence electrons. The van der Waals surface area contributed by atoms with Crippen LogP contribution < -0.4 is 9.62 Å². The predicted octanol–water partition coefficient (Wildman–Crippen LogP) is 5.57. The molecule has 0 bridgehead atoms. The minimum Gasteiger partial charge on any atom is -0.352 e. The number of sulfonamides is 1. The predicted molar refractivity (Wildman–Crippen MR) is 156 cm³/mol. The van der Waals surface area contributed by atoms with Gasteiger partial charge in [0.2, 0.25) is 11.8 Å². The lowest BCUT2D eigenvalue weighted by atomic mass is 10.1. The lowest BCUT2D eigenvalue weighted by Crippen LogP contribution is -2.53. The summed E-state index contributed by atoms with van der Waals surface area (Å²) in [6, 6.07) is 21.2. The van der Waals surface area contributed by atoms with Gasteiger partial charge in [-0.2, -0.15) is 0 Å². The number of aryl methyl sites for hydroxylation is 1. The Bertz CT molecular complexity index is 1380. The minimum atomic E-state index is -4.16. The second kappa shape index (κ2) is 13.6. The molecule has 3 aromatic rings. The fourth-order valence-corrected chi connectivity index (χ4v) is 5.96. The van der Waals surface area contributed by atoms with E-state index >= 15 is 0 Å². The van der Waals surface area contributed by atoms with Crippen LogP contribution in [0.1, 0.15) is 44.7 Å². The van der Waals surface area contributed by atoms with Gasteiger partial charge in [0.1, 0.15) is 12.6 Å². The summed E-state index contributed by atoms with van der Waals surface area (Å²) in [7, 11) is -4.16. The summed E-state index contributed by atoms with van der Waals surface area (Å²) in [6.07, 6.45) is 1.10. The Morgan fingerprint density at radius 1 is 0.897 bits per heavy atom. The van der Waals surface area contributed by atoms with Gasteiger partial charge in [0.15, 0.2) is 0 Å². The van der Waals surface area contributed by atoms with Crippen LogP contribution in [0.2, 0.25) is 5.02 Å². The van der Waals surface area contributed by atoms with Crippen molar-refractivity contribution in [3.05, 3.63) is 95.0 Å². The number of hydrogen-bond donors (Lipinski definition) is 1. The number of carbonyl (C=O) groups excluding carboxylic acids is 2. The van der Waals surface area contributed by atoms with E-state index in [1.807, 2.05) is 52.0 Å². The second-order valence-corrected chi connectivity index (χ2v) is 11.7. The van der Waals surface area contributed by atoms with E-state index in [9.17, 15) is 18.0 Å². The van der Waals surface area contributed by atoms with Crippen molar-refractivity contribution in [3.8, 4) is 0 Å². The van der Waals surface area contributed by atoms with Crippen LogP contribution in [-0.4, -0.2) is 43.8 Å². The van der Waals surface area contributed by atoms with Gasteiger partial charge in [0.05, 0.1) is 15.6 Å². The van der Waals surface area contributed by atoms with Crippen LogP contribution in [0.15, 0.2) is 83.8 Å². The molecule has 0 saturated carbocycles. The number of rotatable bonds is 12. The zero-order chi connectivity index (χ0) is 28.6. The molecule has 7 nitrogen and oxygen atoms in total. The van der Waals surface area contributed by atoms with E-state index in [4.69, 9.17) is 11.6 Å². The third-order valence-electron chi connectivity index (χ3n) is 6.72. The Labute approximate surface area is 236 Å². The molecule has 0 aliphatic carbocycles. The topological polar surface area (TPSA) is 86.8 Å². The lowest BCUT2D eigenvalue weighted by molar-refractivity contribution is -0.140. The number of hydrogen-bond acceptors (Lipinski definition) is 4. The van der Waals surface area contributed by atoms with Crippen molar-refractivity contribution in [2.45, 2.75) is 64.1 Å². The third kappa shape index (κ3) is 7.40. The maximum absolute atomic E-state index is 14.1. The fraction of sp³-hybridized carbons (Fsp3) is 0.333. The number of halogens is 1. The maximum Gasteiger partial charge on any atom is 0.264 e. The number of carbonyl (C=O) groups is 2. The van der Waals surface area contributed by atoms with Crippen molar-refractivity contribution >= 4 is 39.1 Å². The summed E-state index contributed by atoms with van der Waals surface area (Å²) in [5, 5.41) is 3.17. The average Bonchev–Trinajstić information content (AvgIpc) is 2.93. The first kappa shape index (κ1) is 30.2. The van der Waals surface area contributed by atoms with Crippen LogP contribution in [0.3, 0.4) is 0 Å². The highest BCUT2D eigenvalue weighted by atomic mass is 35.5. The molecule has 0 aromatic heterocycles. The van der Waals surface area contributed by atoms with Crippen molar-refractivity contribution in [1.82, 2.24) is 10.2 Å². The summed E-state index contributed by atoms with van der Waals surface area (Å²) in [5.41, 5.74) is 2.02. The van der Waals surface area contributed by atoms with Crippen molar-refractivity contribution in [2.24, 2.45) is 0 Å². The molecule has 1 N–H and O–H groups in total. The van der Waals surface area contributed by atoms with Gasteiger partial charge in [-0.25, -0.2) is 8.42 Å². The Kier molecular flexibility index (Phi) is 10.5. The van der Waals surface area contributed by atoms with E-state index in [2.05, 4.69) is 5.32 Å². The molecule has 3 rings (SSSR count). The van der Waals surface area contributed by atoms with E-state index in [1.54, 1.807) is 42.5 Å². The van der Waals surface area contributed by atoms with Gasteiger partial charge in [-0.15, -0.1) is 0 Å². The molecule has 0 fully saturated rings. The quantitative estimate of drug-likeness (QED) is 0.309. The Morgan fingerprint density at radius 2 is 1.51 bits per heavy atom. The van der Waals surface area contributed by atoms with Gasteiger partial charge in [-0.1, -0.05) is 80.0 Å². The Balaban J connectivity index is 2.07.